The predicted octanol–water partition coefficient (Wildman–Crippen LogP) is 3.93. The lowest BCUT2D eigenvalue weighted by molar-refractivity contribution is -0.385. The Morgan fingerprint density at radius 1 is 0.897 bits per heavy atom. The van der Waals surface area contributed by atoms with Gasteiger partial charge in [-0.25, -0.2) is 0 Å². The molecule has 29 heavy (non-hydrogen) atoms. The molecule has 1 N–H and O–H groups in total. The molecule has 1 aliphatic carbocycles. The van der Waals surface area contributed by atoms with E-state index in [4.69, 9.17) is 0 Å². The molecule has 1 aliphatic rings. The van der Waals surface area contributed by atoms with Gasteiger partial charge in [-0.2, -0.15) is 0 Å². The van der Waals surface area contributed by atoms with Gasteiger partial charge in [0.1, 0.15) is 0 Å². The molecule has 4 rings (SSSR count). The van der Waals surface area contributed by atoms with Crippen LogP contribution >= 0.6 is 0 Å². The van der Waals surface area contributed by atoms with Gasteiger partial charge in [0, 0.05) is 33.9 Å². The topological polar surface area (TPSA) is 106 Å². The summed E-state index contributed by atoms with van der Waals surface area (Å²) in [4.78, 5) is 48.9. The van der Waals surface area contributed by atoms with E-state index >= 15 is 0 Å². The Kier molecular flexibility index (Phi) is 4.27. The molecule has 0 saturated carbocycles. The summed E-state index contributed by atoms with van der Waals surface area (Å²) >= 11 is 0. The molecule has 0 radical (unpaired) electrons. The first kappa shape index (κ1) is 18.2. The molecule has 0 aliphatic heterocycles. The fourth-order valence-corrected chi connectivity index (χ4v) is 3.45. The normalized spacial score (nSPS) is 12.2. The third kappa shape index (κ3) is 2.98. The highest BCUT2D eigenvalue weighted by Crippen LogP contribution is 2.32. The van der Waals surface area contributed by atoms with E-state index in [1.165, 1.54) is 18.2 Å². The maximum atomic E-state index is 13.0. The van der Waals surface area contributed by atoms with E-state index in [0.717, 1.165) is 0 Å². The van der Waals surface area contributed by atoms with E-state index in [-0.39, 0.29) is 45.2 Å². The summed E-state index contributed by atoms with van der Waals surface area (Å²) in [5.41, 5.74) is 1.68. The molecule has 0 aromatic heterocycles. The van der Waals surface area contributed by atoms with Gasteiger partial charge in [0.2, 0.25) is 0 Å². The summed E-state index contributed by atoms with van der Waals surface area (Å²) in [7, 11) is 0. The summed E-state index contributed by atoms with van der Waals surface area (Å²) < 4.78 is 0. The van der Waals surface area contributed by atoms with Gasteiger partial charge in [-0.05, 0) is 25.1 Å². The smallest absolute Gasteiger partial charge is 0.272 e. The van der Waals surface area contributed by atoms with Crippen LogP contribution in [0.4, 0.5) is 11.4 Å². The van der Waals surface area contributed by atoms with Crippen LogP contribution in [-0.2, 0) is 0 Å². The number of nitro benzene ring substituents is 1. The van der Waals surface area contributed by atoms with Gasteiger partial charge in [-0.1, -0.05) is 36.4 Å². The third-order valence-corrected chi connectivity index (χ3v) is 4.86. The summed E-state index contributed by atoms with van der Waals surface area (Å²) in [6.45, 7) is 1.54. The fraction of sp³-hybridized carbons (Fsp3) is 0.0455. The zero-order chi connectivity index (χ0) is 20.7. The number of hydrogen-bond donors (Lipinski definition) is 1. The van der Waals surface area contributed by atoms with Crippen molar-refractivity contribution in [1.82, 2.24) is 0 Å². The van der Waals surface area contributed by atoms with Crippen LogP contribution in [0, 0.1) is 17.0 Å². The number of aryl methyl sites for hydroxylation is 1. The third-order valence-electron chi connectivity index (χ3n) is 4.86. The van der Waals surface area contributed by atoms with Crippen LogP contribution in [0.15, 0.2) is 60.7 Å². The molecular weight excluding hydrogens is 372 g/mol. The first-order valence-corrected chi connectivity index (χ1v) is 8.76. The Hall–Kier alpha value is -4.13. The molecular formula is C22H14N2O5. The lowest BCUT2D eigenvalue weighted by Crippen LogP contribution is -2.24. The largest absolute Gasteiger partial charge is 0.321 e. The highest BCUT2D eigenvalue weighted by atomic mass is 16.6. The molecule has 0 bridgehead atoms. The Morgan fingerprint density at radius 3 is 2.21 bits per heavy atom. The fourth-order valence-electron chi connectivity index (χ4n) is 3.45. The summed E-state index contributed by atoms with van der Waals surface area (Å²) in [5, 5.41) is 13.6. The van der Waals surface area contributed by atoms with Gasteiger partial charge in [-0.3, -0.25) is 24.5 Å². The van der Waals surface area contributed by atoms with E-state index < -0.39 is 10.8 Å². The van der Waals surface area contributed by atoms with E-state index in [1.54, 1.807) is 49.4 Å². The second-order valence-corrected chi connectivity index (χ2v) is 6.64. The average Bonchev–Trinajstić information content (AvgIpc) is 2.71. The average molecular weight is 386 g/mol. The summed E-state index contributed by atoms with van der Waals surface area (Å²) in [6, 6.07) is 15.3. The Labute approximate surface area is 165 Å². The first-order valence-electron chi connectivity index (χ1n) is 8.76. The van der Waals surface area contributed by atoms with Crippen molar-refractivity contribution in [3.8, 4) is 0 Å². The lowest BCUT2D eigenvalue weighted by atomic mass is 9.83. The minimum Gasteiger partial charge on any atom is -0.321 e. The van der Waals surface area contributed by atoms with E-state index in [2.05, 4.69) is 5.32 Å². The van der Waals surface area contributed by atoms with Gasteiger partial charge >= 0.3 is 0 Å². The molecule has 0 spiro atoms. The predicted molar refractivity (Wildman–Crippen MR) is 106 cm³/mol. The zero-order valence-corrected chi connectivity index (χ0v) is 15.3. The van der Waals surface area contributed by atoms with Crippen LogP contribution in [-0.4, -0.2) is 22.4 Å². The van der Waals surface area contributed by atoms with Crippen LogP contribution < -0.4 is 5.32 Å². The lowest BCUT2D eigenvalue weighted by Gasteiger charge is -2.20. The summed E-state index contributed by atoms with van der Waals surface area (Å²) in [5.74, 6) is -1.15. The molecule has 142 valence electrons. The second kappa shape index (κ2) is 6.79. The highest BCUT2D eigenvalue weighted by Gasteiger charge is 2.31. The standard InChI is InChI=1S/C22H14N2O5/c1-12-11-13(9-10-18(12)24(28)29)22(27)23-17-8-4-7-16-19(17)21(26)15-6-3-2-5-14(15)20(16)25/h2-11H,1H3,(H,23,27). The van der Waals surface area contributed by atoms with Crippen molar-refractivity contribution in [2.75, 3.05) is 5.32 Å². The Bertz CT molecular complexity index is 1230. The number of benzene rings is 3. The van der Waals surface area contributed by atoms with E-state index in [0.29, 0.717) is 11.1 Å². The molecule has 7 nitrogen and oxygen atoms in total. The maximum absolute atomic E-state index is 13.0. The Balaban J connectivity index is 1.72. The molecule has 0 unspecified atom stereocenters. The van der Waals surface area contributed by atoms with Crippen molar-refractivity contribution in [3.63, 3.8) is 0 Å². The minimum atomic E-state index is -0.532. The maximum Gasteiger partial charge on any atom is 0.272 e. The van der Waals surface area contributed by atoms with Gasteiger partial charge in [-0.15, -0.1) is 0 Å². The van der Waals surface area contributed by atoms with E-state index in [9.17, 15) is 24.5 Å². The number of carbonyl (C=O) groups excluding carboxylic acids is 3. The number of nitrogens with zero attached hydrogens (tertiary/aromatic N) is 1. The number of amides is 1. The van der Waals surface area contributed by atoms with E-state index in [1.807, 2.05) is 0 Å². The number of ketones is 2. The number of rotatable bonds is 3. The van der Waals surface area contributed by atoms with Crippen LogP contribution in [0.25, 0.3) is 0 Å². The van der Waals surface area contributed by atoms with Crippen molar-refractivity contribution >= 4 is 28.8 Å². The highest BCUT2D eigenvalue weighted by molar-refractivity contribution is 6.30. The van der Waals surface area contributed by atoms with Crippen LogP contribution in [0.5, 0.6) is 0 Å². The van der Waals surface area contributed by atoms with Crippen molar-refractivity contribution in [3.05, 3.63) is 104 Å². The van der Waals surface area contributed by atoms with Crippen molar-refractivity contribution in [2.24, 2.45) is 0 Å². The number of hydrogen-bond acceptors (Lipinski definition) is 5. The molecule has 0 atom stereocenters. The number of carbonyl (C=O) groups is 3. The molecule has 0 fully saturated rings. The van der Waals surface area contributed by atoms with Crippen molar-refractivity contribution < 1.29 is 19.3 Å². The molecule has 3 aromatic rings. The molecule has 3 aromatic carbocycles. The number of fused-ring (bicyclic) bond motifs is 2. The second-order valence-electron chi connectivity index (χ2n) is 6.64. The SMILES string of the molecule is Cc1cc(C(=O)Nc2cccc3c2C(=O)c2ccccc2C3=O)ccc1[N+](=O)[O-]. The van der Waals surface area contributed by atoms with Crippen LogP contribution in [0.3, 0.4) is 0 Å². The number of nitro groups is 1. The zero-order valence-electron chi connectivity index (χ0n) is 15.3. The monoisotopic (exact) mass is 386 g/mol. The van der Waals surface area contributed by atoms with Gasteiger partial charge in [0.15, 0.2) is 11.6 Å². The number of nitrogens with one attached hydrogen (secondary N) is 1. The molecule has 0 heterocycles. The van der Waals surface area contributed by atoms with Gasteiger partial charge in [0.05, 0.1) is 16.2 Å². The van der Waals surface area contributed by atoms with Crippen molar-refractivity contribution in [1.29, 1.82) is 0 Å². The number of anilines is 1. The van der Waals surface area contributed by atoms with Crippen LogP contribution in [0.1, 0.15) is 47.8 Å². The Morgan fingerprint density at radius 2 is 1.55 bits per heavy atom. The van der Waals surface area contributed by atoms with Crippen LogP contribution in [0.2, 0.25) is 0 Å². The minimum absolute atomic E-state index is 0.0870. The molecule has 1 amide bonds. The van der Waals surface area contributed by atoms with Gasteiger partial charge < -0.3 is 5.32 Å². The molecule has 0 saturated heterocycles. The van der Waals surface area contributed by atoms with Crippen molar-refractivity contribution in [2.45, 2.75) is 6.92 Å². The van der Waals surface area contributed by atoms with Gasteiger partial charge in [0.25, 0.3) is 11.6 Å². The summed E-state index contributed by atoms with van der Waals surface area (Å²) in [6.07, 6.45) is 0. The first-order chi connectivity index (χ1) is 13.9. The molecule has 7 heteroatoms. The quantitative estimate of drug-likeness (QED) is 0.424.